The molecule has 4 nitrogen and oxygen atoms in total. The van der Waals surface area contributed by atoms with Gasteiger partial charge in [-0.2, -0.15) is 0 Å². The Bertz CT molecular complexity index is 922. The molecule has 4 fully saturated rings. The number of anilines is 1. The van der Waals surface area contributed by atoms with Gasteiger partial charge in [0.2, 0.25) is 0 Å². The summed E-state index contributed by atoms with van der Waals surface area (Å²) in [5, 5.41) is 13.6. The van der Waals surface area contributed by atoms with Crippen LogP contribution in [0.5, 0.6) is 5.75 Å². The summed E-state index contributed by atoms with van der Waals surface area (Å²) < 4.78 is 6.89. The van der Waals surface area contributed by atoms with Gasteiger partial charge in [-0.3, -0.25) is 4.79 Å². The first-order valence-corrected chi connectivity index (χ1v) is 12.7. The fourth-order valence-corrected chi connectivity index (χ4v) is 7.11. The van der Waals surface area contributed by atoms with E-state index < -0.39 is 6.10 Å². The van der Waals surface area contributed by atoms with Crippen molar-refractivity contribution in [1.82, 2.24) is 0 Å². The number of benzene rings is 2. The van der Waals surface area contributed by atoms with E-state index in [0.29, 0.717) is 16.7 Å². The van der Waals surface area contributed by atoms with Gasteiger partial charge in [0.15, 0.2) is 0 Å². The molecule has 2 aromatic carbocycles. The molecule has 1 unspecified atom stereocenters. The van der Waals surface area contributed by atoms with E-state index in [1.165, 1.54) is 38.5 Å². The fraction of sp³-hybridized carbons (Fsp3) is 0.519. The molecule has 0 aromatic heterocycles. The predicted molar refractivity (Wildman–Crippen MR) is 130 cm³/mol. The van der Waals surface area contributed by atoms with Crippen molar-refractivity contribution in [2.75, 3.05) is 11.9 Å². The SMILES string of the molecule is O=C(Nc1ccc(Br)cc1)c1ccccc1OCC(O)CCC12CC3CC(CC(C3)C1)C2. The molecular formula is C27H32BrNO3. The van der Waals surface area contributed by atoms with E-state index in [1.54, 1.807) is 12.1 Å². The van der Waals surface area contributed by atoms with E-state index in [9.17, 15) is 9.90 Å². The molecule has 170 valence electrons. The maximum absolute atomic E-state index is 12.8. The van der Waals surface area contributed by atoms with Gasteiger partial charge >= 0.3 is 0 Å². The van der Waals surface area contributed by atoms with Crippen molar-refractivity contribution in [3.8, 4) is 5.75 Å². The zero-order chi connectivity index (χ0) is 22.1. The largest absolute Gasteiger partial charge is 0.490 e. The molecule has 0 radical (unpaired) electrons. The van der Waals surface area contributed by atoms with Gasteiger partial charge in [-0.15, -0.1) is 0 Å². The summed E-state index contributed by atoms with van der Waals surface area (Å²) in [6, 6.07) is 14.7. The van der Waals surface area contributed by atoms with E-state index in [1.807, 2.05) is 36.4 Å². The molecule has 0 saturated heterocycles. The topological polar surface area (TPSA) is 58.6 Å². The standard InChI is InChI=1S/C27H32BrNO3/c28-21-5-7-22(8-6-21)29-26(31)24-3-1-2-4-25(24)32-17-23(30)9-10-27-14-18-11-19(15-27)13-20(12-18)16-27/h1-8,18-20,23,30H,9-17H2,(H,29,31). The highest BCUT2D eigenvalue weighted by molar-refractivity contribution is 9.10. The number of ether oxygens (including phenoxy) is 1. The summed E-state index contributed by atoms with van der Waals surface area (Å²) in [5.41, 5.74) is 1.67. The monoisotopic (exact) mass is 497 g/mol. The second-order valence-corrected chi connectivity index (χ2v) is 11.3. The van der Waals surface area contributed by atoms with Crippen LogP contribution in [0.25, 0.3) is 0 Å². The summed E-state index contributed by atoms with van der Waals surface area (Å²) in [4.78, 5) is 12.8. The van der Waals surface area contributed by atoms with Gasteiger partial charge in [-0.05, 0) is 111 Å². The average molecular weight is 498 g/mol. The quantitative estimate of drug-likeness (QED) is 0.441. The minimum atomic E-state index is -0.509. The summed E-state index contributed by atoms with van der Waals surface area (Å²) >= 11 is 3.40. The smallest absolute Gasteiger partial charge is 0.259 e. The number of para-hydroxylation sites is 1. The number of carbonyl (C=O) groups excluding carboxylic acids is 1. The molecule has 1 atom stereocenters. The molecule has 0 heterocycles. The summed E-state index contributed by atoms with van der Waals surface area (Å²) in [6.07, 6.45) is 9.82. The van der Waals surface area contributed by atoms with E-state index in [4.69, 9.17) is 4.74 Å². The van der Waals surface area contributed by atoms with Crippen LogP contribution < -0.4 is 10.1 Å². The third kappa shape index (κ3) is 4.89. The lowest BCUT2D eigenvalue weighted by atomic mass is 9.48. The number of nitrogens with one attached hydrogen (secondary N) is 1. The molecule has 1 amide bonds. The van der Waals surface area contributed by atoms with Gasteiger partial charge < -0.3 is 15.2 Å². The lowest BCUT2D eigenvalue weighted by Crippen LogP contribution is -2.46. The number of carbonyl (C=O) groups is 1. The number of amides is 1. The van der Waals surface area contributed by atoms with Crippen molar-refractivity contribution in [2.24, 2.45) is 23.2 Å². The second-order valence-electron chi connectivity index (χ2n) is 10.4. The highest BCUT2D eigenvalue weighted by atomic mass is 79.9. The molecule has 4 bridgehead atoms. The van der Waals surface area contributed by atoms with E-state index in [0.717, 1.165) is 40.8 Å². The fourth-order valence-electron chi connectivity index (χ4n) is 6.85. The van der Waals surface area contributed by atoms with E-state index in [2.05, 4.69) is 21.2 Å². The zero-order valence-electron chi connectivity index (χ0n) is 18.4. The molecule has 4 aliphatic carbocycles. The van der Waals surface area contributed by atoms with Gasteiger partial charge in [0, 0.05) is 10.2 Å². The van der Waals surface area contributed by atoms with Crippen LogP contribution in [0.2, 0.25) is 0 Å². The first-order chi connectivity index (χ1) is 15.5. The highest BCUT2D eigenvalue weighted by Gasteiger charge is 2.50. The van der Waals surface area contributed by atoms with Crippen LogP contribution in [0.4, 0.5) is 5.69 Å². The van der Waals surface area contributed by atoms with Crippen molar-refractivity contribution in [3.63, 3.8) is 0 Å². The molecular weight excluding hydrogens is 466 g/mol. The first kappa shape index (κ1) is 22.0. The molecule has 32 heavy (non-hydrogen) atoms. The minimum Gasteiger partial charge on any atom is -0.490 e. The molecule has 2 N–H and O–H groups in total. The minimum absolute atomic E-state index is 0.217. The van der Waals surface area contributed by atoms with Crippen LogP contribution in [0.1, 0.15) is 61.7 Å². The van der Waals surface area contributed by atoms with Gasteiger partial charge in [0.1, 0.15) is 12.4 Å². The molecule has 6 rings (SSSR count). The van der Waals surface area contributed by atoms with Crippen molar-refractivity contribution >= 4 is 27.5 Å². The van der Waals surface area contributed by atoms with Gasteiger partial charge in [-0.1, -0.05) is 28.1 Å². The van der Waals surface area contributed by atoms with Crippen molar-refractivity contribution in [1.29, 1.82) is 0 Å². The Morgan fingerprint density at radius 3 is 2.31 bits per heavy atom. The maximum Gasteiger partial charge on any atom is 0.259 e. The van der Waals surface area contributed by atoms with E-state index >= 15 is 0 Å². The number of rotatable bonds is 8. The van der Waals surface area contributed by atoms with Crippen molar-refractivity contribution < 1.29 is 14.6 Å². The van der Waals surface area contributed by atoms with Crippen LogP contribution in [0.15, 0.2) is 53.0 Å². The molecule has 5 heteroatoms. The lowest BCUT2D eigenvalue weighted by molar-refractivity contribution is -0.0642. The zero-order valence-corrected chi connectivity index (χ0v) is 20.0. The van der Waals surface area contributed by atoms with Gasteiger partial charge in [0.25, 0.3) is 5.91 Å². The molecule has 2 aromatic rings. The Morgan fingerprint density at radius 1 is 1.03 bits per heavy atom. The third-order valence-corrected chi connectivity index (χ3v) is 8.37. The van der Waals surface area contributed by atoms with Crippen LogP contribution in [-0.2, 0) is 0 Å². The lowest BCUT2D eigenvalue weighted by Gasteiger charge is -2.57. The number of hydrogen-bond acceptors (Lipinski definition) is 3. The third-order valence-electron chi connectivity index (χ3n) is 7.84. The Morgan fingerprint density at radius 2 is 1.66 bits per heavy atom. The van der Waals surface area contributed by atoms with Gasteiger partial charge in [0.05, 0.1) is 11.7 Å². The van der Waals surface area contributed by atoms with Gasteiger partial charge in [-0.25, -0.2) is 0 Å². The number of aliphatic hydroxyl groups is 1. The number of hydrogen-bond donors (Lipinski definition) is 2. The Labute approximate surface area is 198 Å². The molecule has 0 aliphatic heterocycles. The normalized spacial score (nSPS) is 29.0. The summed E-state index contributed by atoms with van der Waals surface area (Å²) in [7, 11) is 0. The van der Waals surface area contributed by atoms with Crippen LogP contribution >= 0.6 is 15.9 Å². The number of halogens is 1. The Kier molecular flexibility index (Phi) is 6.31. The van der Waals surface area contributed by atoms with Crippen LogP contribution in [0, 0.1) is 23.2 Å². The van der Waals surface area contributed by atoms with Crippen molar-refractivity contribution in [2.45, 2.75) is 57.5 Å². The summed E-state index contributed by atoms with van der Waals surface area (Å²) in [5.74, 6) is 3.10. The highest BCUT2D eigenvalue weighted by Crippen LogP contribution is 2.61. The second kappa shape index (κ2) is 9.18. The van der Waals surface area contributed by atoms with Crippen LogP contribution in [-0.4, -0.2) is 23.7 Å². The van der Waals surface area contributed by atoms with Crippen LogP contribution in [0.3, 0.4) is 0 Å². The predicted octanol–water partition coefficient (Wildman–Crippen LogP) is 6.44. The molecule has 4 aliphatic rings. The summed E-state index contributed by atoms with van der Waals surface area (Å²) in [6.45, 7) is 0.217. The Hall–Kier alpha value is -1.85. The molecule has 4 saturated carbocycles. The maximum atomic E-state index is 12.8. The Balaban J connectivity index is 1.15. The number of aliphatic hydroxyl groups excluding tert-OH is 1. The molecule has 0 spiro atoms. The van der Waals surface area contributed by atoms with E-state index in [-0.39, 0.29) is 12.5 Å². The van der Waals surface area contributed by atoms with Crippen molar-refractivity contribution in [3.05, 3.63) is 58.6 Å². The first-order valence-electron chi connectivity index (χ1n) is 11.9. The average Bonchev–Trinajstić information content (AvgIpc) is 2.77.